The van der Waals surface area contributed by atoms with Crippen molar-refractivity contribution in [1.29, 1.82) is 0 Å². The normalized spacial score (nSPS) is 17.7. The summed E-state index contributed by atoms with van der Waals surface area (Å²) in [5.74, 6) is -3.78. The zero-order valence-electron chi connectivity index (χ0n) is 19.3. The number of aldehydes is 1. The molecule has 1 unspecified atom stereocenters. The first-order valence-electron chi connectivity index (χ1n) is 10.7. The Kier molecular flexibility index (Phi) is 8.60. The Morgan fingerprint density at radius 1 is 1.43 bits per heavy atom. The molecule has 1 aliphatic rings. The topological polar surface area (TPSA) is 110 Å². The van der Waals surface area contributed by atoms with E-state index < -0.39 is 51.4 Å². The molecule has 2 N–H and O–H groups in total. The number of halogens is 3. The molecule has 2 aromatic rings. The molecule has 12 heteroatoms. The standard InChI is InChI=1S/C23H26ClF2N3O6/c1-28(6-8-34-2)12-23(5-7-35-13-23)29-10-15(20(31)21(32)17(29)11-30)22(33)27-9-14-3-4-16(25)18(24)19(14)26/h3-4,10-11,32H,5-9,12-13H2,1-2H3,(H,27,33). The van der Waals surface area contributed by atoms with Gasteiger partial charge >= 0.3 is 0 Å². The number of hydrogen-bond donors (Lipinski definition) is 2. The zero-order valence-corrected chi connectivity index (χ0v) is 20.0. The van der Waals surface area contributed by atoms with Gasteiger partial charge in [0, 0.05) is 45.1 Å². The van der Waals surface area contributed by atoms with Crippen LogP contribution in [0.5, 0.6) is 5.75 Å². The maximum Gasteiger partial charge on any atom is 0.257 e. The fourth-order valence-corrected chi connectivity index (χ4v) is 4.26. The van der Waals surface area contributed by atoms with Gasteiger partial charge in [0.05, 0.1) is 18.8 Å². The van der Waals surface area contributed by atoms with Gasteiger partial charge in [-0.3, -0.25) is 14.4 Å². The first-order chi connectivity index (χ1) is 16.6. The molecule has 0 aliphatic carbocycles. The van der Waals surface area contributed by atoms with E-state index >= 15 is 0 Å². The summed E-state index contributed by atoms with van der Waals surface area (Å²) < 4.78 is 39.7. The molecule has 190 valence electrons. The number of nitrogens with one attached hydrogen (secondary N) is 1. The molecule has 9 nitrogen and oxygen atoms in total. The number of pyridine rings is 1. The summed E-state index contributed by atoms with van der Waals surface area (Å²) in [5, 5.41) is 12.2. The smallest absolute Gasteiger partial charge is 0.257 e. The van der Waals surface area contributed by atoms with Crippen molar-refractivity contribution in [2.45, 2.75) is 18.5 Å². The van der Waals surface area contributed by atoms with E-state index in [4.69, 9.17) is 21.1 Å². The van der Waals surface area contributed by atoms with Crippen molar-refractivity contribution >= 4 is 23.8 Å². The van der Waals surface area contributed by atoms with E-state index in [1.807, 2.05) is 11.9 Å². The molecule has 1 aliphatic heterocycles. The van der Waals surface area contributed by atoms with Crippen LogP contribution >= 0.6 is 11.6 Å². The number of aromatic hydroxyl groups is 1. The van der Waals surface area contributed by atoms with Crippen LogP contribution in [0.1, 0.15) is 32.8 Å². The van der Waals surface area contributed by atoms with Crippen LogP contribution in [0.15, 0.2) is 23.1 Å². The van der Waals surface area contributed by atoms with E-state index in [-0.39, 0.29) is 17.9 Å². The number of aromatic nitrogens is 1. The summed E-state index contributed by atoms with van der Waals surface area (Å²) >= 11 is 5.57. The first kappa shape index (κ1) is 26.7. The minimum Gasteiger partial charge on any atom is -0.503 e. The van der Waals surface area contributed by atoms with Crippen LogP contribution in [-0.4, -0.2) is 73.8 Å². The third kappa shape index (κ3) is 5.53. The zero-order chi connectivity index (χ0) is 25.8. The number of hydrogen-bond acceptors (Lipinski definition) is 7. The quantitative estimate of drug-likeness (QED) is 0.369. The molecule has 35 heavy (non-hydrogen) atoms. The number of ether oxygens (including phenoxy) is 2. The van der Waals surface area contributed by atoms with E-state index in [1.54, 1.807) is 7.11 Å². The molecule has 0 spiro atoms. The lowest BCUT2D eigenvalue weighted by molar-refractivity contribution is 0.0927. The second-order valence-corrected chi connectivity index (χ2v) is 8.75. The van der Waals surface area contributed by atoms with Crippen LogP contribution in [0, 0.1) is 11.6 Å². The van der Waals surface area contributed by atoms with Crippen molar-refractivity contribution in [2.24, 2.45) is 0 Å². The lowest BCUT2D eigenvalue weighted by atomic mass is 9.95. The monoisotopic (exact) mass is 513 g/mol. The van der Waals surface area contributed by atoms with Gasteiger partial charge in [0.1, 0.15) is 27.9 Å². The number of likely N-dealkylation sites (N-methyl/N-ethyl adjacent to an activating group) is 1. The Labute approximate surface area is 205 Å². The van der Waals surface area contributed by atoms with Crippen LogP contribution in [-0.2, 0) is 21.6 Å². The third-order valence-electron chi connectivity index (χ3n) is 5.97. The number of rotatable bonds is 10. The van der Waals surface area contributed by atoms with E-state index in [2.05, 4.69) is 5.32 Å². The van der Waals surface area contributed by atoms with Crippen LogP contribution in [0.3, 0.4) is 0 Å². The highest BCUT2D eigenvalue weighted by molar-refractivity contribution is 6.30. The average molecular weight is 514 g/mol. The Morgan fingerprint density at radius 2 is 2.17 bits per heavy atom. The maximum atomic E-state index is 14.2. The van der Waals surface area contributed by atoms with Gasteiger partial charge in [0.2, 0.25) is 5.43 Å². The summed E-state index contributed by atoms with van der Waals surface area (Å²) in [7, 11) is 3.42. The fourth-order valence-electron chi connectivity index (χ4n) is 4.07. The third-order valence-corrected chi connectivity index (χ3v) is 6.31. The van der Waals surface area contributed by atoms with E-state index in [1.165, 1.54) is 10.8 Å². The predicted molar refractivity (Wildman–Crippen MR) is 123 cm³/mol. The highest BCUT2D eigenvalue weighted by Crippen LogP contribution is 2.31. The van der Waals surface area contributed by atoms with Crippen molar-refractivity contribution < 1.29 is 33.0 Å². The molecular weight excluding hydrogens is 488 g/mol. The summed E-state index contributed by atoms with van der Waals surface area (Å²) in [4.78, 5) is 39.4. The Morgan fingerprint density at radius 3 is 2.80 bits per heavy atom. The second kappa shape index (κ2) is 11.3. The molecule has 1 saturated heterocycles. The first-order valence-corrected chi connectivity index (χ1v) is 11.1. The van der Waals surface area contributed by atoms with E-state index in [0.717, 1.165) is 12.1 Å². The van der Waals surface area contributed by atoms with Crippen molar-refractivity contribution in [1.82, 2.24) is 14.8 Å². The van der Waals surface area contributed by atoms with E-state index in [9.17, 15) is 28.3 Å². The molecule has 1 fully saturated rings. The van der Waals surface area contributed by atoms with Gasteiger partial charge in [0.15, 0.2) is 12.0 Å². The lowest BCUT2D eigenvalue weighted by Gasteiger charge is -2.36. The van der Waals surface area contributed by atoms with Crippen molar-refractivity contribution in [2.75, 3.05) is 47.1 Å². The minimum atomic E-state index is -1.06. The minimum absolute atomic E-state index is 0.0979. The fraction of sp³-hybridized carbons (Fsp3) is 0.435. The molecule has 1 aromatic heterocycles. The second-order valence-electron chi connectivity index (χ2n) is 8.37. The molecule has 3 rings (SSSR count). The summed E-state index contributed by atoms with van der Waals surface area (Å²) in [5.41, 5.74) is -2.74. The summed E-state index contributed by atoms with van der Waals surface area (Å²) in [6.07, 6.45) is 2.01. The molecule has 0 saturated carbocycles. The largest absolute Gasteiger partial charge is 0.503 e. The van der Waals surface area contributed by atoms with Gasteiger partial charge in [-0.05, 0) is 19.5 Å². The number of amides is 1. The predicted octanol–water partition coefficient (Wildman–Crippen LogP) is 1.92. The van der Waals surface area contributed by atoms with E-state index in [0.29, 0.717) is 39.0 Å². The molecule has 1 amide bonds. The van der Waals surface area contributed by atoms with Crippen molar-refractivity contribution in [3.05, 3.63) is 62.0 Å². The number of carbonyl (C=O) groups is 2. The Hall–Kier alpha value is -2.86. The molecule has 1 atom stereocenters. The average Bonchev–Trinajstić information content (AvgIpc) is 3.31. The SMILES string of the molecule is COCCN(C)CC1(n2cc(C(=O)NCc3ccc(F)c(Cl)c3F)c(=O)c(O)c2C=O)CCOC1. The van der Waals surface area contributed by atoms with Crippen LogP contribution in [0.25, 0.3) is 0 Å². The van der Waals surface area contributed by atoms with Gasteiger partial charge in [-0.1, -0.05) is 17.7 Å². The van der Waals surface area contributed by atoms with Crippen LogP contribution in [0.4, 0.5) is 8.78 Å². The maximum absolute atomic E-state index is 14.2. The van der Waals surface area contributed by atoms with Crippen LogP contribution in [0.2, 0.25) is 5.02 Å². The molecule has 0 bridgehead atoms. The Bertz CT molecular complexity index is 1170. The van der Waals surface area contributed by atoms with Crippen molar-refractivity contribution in [3.63, 3.8) is 0 Å². The van der Waals surface area contributed by atoms with Crippen LogP contribution < -0.4 is 10.7 Å². The number of benzene rings is 1. The van der Waals surface area contributed by atoms with Crippen molar-refractivity contribution in [3.8, 4) is 5.75 Å². The number of carbonyl (C=O) groups excluding carboxylic acids is 2. The van der Waals surface area contributed by atoms with Gasteiger partial charge in [-0.25, -0.2) is 8.78 Å². The summed E-state index contributed by atoms with van der Waals surface area (Å²) in [6, 6.07) is 2.07. The highest BCUT2D eigenvalue weighted by atomic mass is 35.5. The molecular formula is C23H26ClF2N3O6. The van der Waals surface area contributed by atoms with Gasteiger partial charge < -0.3 is 29.4 Å². The molecule has 0 radical (unpaired) electrons. The molecule has 2 heterocycles. The lowest BCUT2D eigenvalue weighted by Crippen LogP contribution is -2.47. The summed E-state index contributed by atoms with van der Waals surface area (Å²) in [6.45, 7) is 1.55. The Balaban J connectivity index is 1.97. The highest BCUT2D eigenvalue weighted by Gasteiger charge is 2.40. The number of methoxy groups -OCH3 is 1. The van der Waals surface area contributed by atoms with Gasteiger partial charge in [-0.2, -0.15) is 0 Å². The van der Waals surface area contributed by atoms with Gasteiger partial charge in [-0.15, -0.1) is 0 Å². The van der Waals surface area contributed by atoms with Gasteiger partial charge in [0.25, 0.3) is 5.91 Å². The number of nitrogens with zero attached hydrogens (tertiary/aromatic N) is 2. The molecule has 1 aromatic carbocycles.